The van der Waals surface area contributed by atoms with E-state index in [9.17, 15) is 9.59 Å². The average Bonchev–Trinajstić information content (AvgIpc) is 2.25. The topological polar surface area (TPSA) is 63.4 Å². The molecule has 1 atom stereocenters. The van der Waals surface area contributed by atoms with E-state index in [1.165, 1.54) is 4.90 Å². The van der Waals surface area contributed by atoms with Crippen molar-refractivity contribution in [3.8, 4) is 0 Å². The van der Waals surface area contributed by atoms with Gasteiger partial charge in [-0.1, -0.05) is 13.3 Å². The molecular weight excluding hydrogens is 156 g/mol. The van der Waals surface area contributed by atoms with Crippen molar-refractivity contribution < 1.29 is 9.59 Å². The minimum absolute atomic E-state index is 0.124. The first kappa shape index (κ1) is 9.19. The van der Waals surface area contributed by atoms with Crippen LogP contribution in [0.4, 0.5) is 0 Å². The van der Waals surface area contributed by atoms with Gasteiger partial charge in [-0.15, -0.1) is 0 Å². The second kappa shape index (κ2) is 3.67. The molecule has 1 rings (SSSR count). The smallest absolute Gasteiger partial charge is 0.246 e. The third kappa shape index (κ3) is 1.64. The molecule has 0 spiro atoms. The van der Waals surface area contributed by atoms with Gasteiger partial charge in [-0.05, 0) is 6.42 Å². The number of unbranched alkanes of at least 4 members (excludes halogenated alkanes) is 1. The Labute approximate surface area is 71.7 Å². The molecule has 0 radical (unpaired) electrons. The van der Waals surface area contributed by atoms with Crippen LogP contribution in [0.2, 0.25) is 0 Å². The summed E-state index contributed by atoms with van der Waals surface area (Å²) in [5.74, 6) is -0.339. The molecule has 0 aliphatic carbocycles. The Balaban J connectivity index is 2.52. The predicted molar refractivity (Wildman–Crippen MR) is 44.2 cm³/mol. The van der Waals surface area contributed by atoms with Gasteiger partial charge in [-0.25, -0.2) is 0 Å². The Bertz CT molecular complexity index is 203. The van der Waals surface area contributed by atoms with Gasteiger partial charge in [-0.3, -0.25) is 14.5 Å². The Morgan fingerprint density at radius 1 is 1.58 bits per heavy atom. The fourth-order valence-electron chi connectivity index (χ4n) is 1.26. The molecular formula is C8H14N2O2. The van der Waals surface area contributed by atoms with E-state index < -0.39 is 6.04 Å². The first-order valence-corrected chi connectivity index (χ1v) is 4.26. The molecule has 0 aromatic heterocycles. The molecule has 1 saturated heterocycles. The van der Waals surface area contributed by atoms with Crippen LogP contribution in [0, 0.1) is 0 Å². The first-order valence-electron chi connectivity index (χ1n) is 4.26. The molecule has 1 aliphatic heterocycles. The molecule has 0 saturated carbocycles. The van der Waals surface area contributed by atoms with Gasteiger partial charge in [-0.2, -0.15) is 0 Å². The molecule has 1 heterocycles. The normalized spacial score (nSPS) is 23.8. The summed E-state index contributed by atoms with van der Waals surface area (Å²) in [6.45, 7) is 2.55. The van der Waals surface area contributed by atoms with E-state index in [4.69, 9.17) is 5.73 Å². The standard InChI is InChI=1S/C8H14N2O2/c1-2-3-4-10-7(11)5-6(9)8(10)12/h6H,2-5,9H2,1H3. The van der Waals surface area contributed by atoms with E-state index in [0.29, 0.717) is 6.54 Å². The molecule has 4 heteroatoms. The van der Waals surface area contributed by atoms with E-state index in [0.717, 1.165) is 12.8 Å². The van der Waals surface area contributed by atoms with Crippen LogP contribution in [0.25, 0.3) is 0 Å². The summed E-state index contributed by atoms with van der Waals surface area (Å²) in [5.41, 5.74) is 5.42. The van der Waals surface area contributed by atoms with Crippen LogP contribution < -0.4 is 5.73 Å². The van der Waals surface area contributed by atoms with E-state index in [-0.39, 0.29) is 18.2 Å². The number of carbonyl (C=O) groups is 2. The third-order valence-corrected chi connectivity index (χ3v) is 2.01. The fraction of sp³-hybridized carbons (Fsp3) is 0.750. The van der Waals surface area contributed by atoms with Crippen LogP contribution >= 0.6 is 0 Å². The minimum Gasteiger partial charge on any atom is -0.319 e. The van der Waals surface area contributed by atoms with Gasteiger partial charge >= 0.3 is 0 Å². The highest BCUT2D eigenvalue weighted by molar-refractivity contribution is 6.05. The number of nitrogens with two attached hydrogens (primary N) is 1. The van der Waals surface area contributed by atoms with Crippen molar-refractivity contribution >= 4 is 11.8 Å². The van der Waals surface area contributed by atoms with E-state index in [2.05, 4.69) is 0 Å². The van der Waals surface area contributed by atoms with Crippen molar-refractivity contribution in [1.82, 2.24) is 4.90 Å². The molecule has 68 valence electrons. The lowest BCUT2D eigenvalue weighted by atomic mass is 10.3. The van der Waals surface area contributed by atoms with Gasteiger partial charge in [0.25, 0.3) is 0 Å². The lowest BCUT2D eigenvalue weighted by Crippen LogP contribution is -2.35. The summed E-state index contributed by atoms with van der Waals surface area (Å²) in [7, 11) is 0. The Morgan fingerprint density at radius 3 is 2.67 bits per heavy atom. The zero-order valence-corrected chi connectivity index (χ0v) is 7.25. The second-order valence-corrected chi connectivity index (χ2v) is 3.05. The number of hydrogen-bond donors (Lipinski definition) is 1. The average molecular weight is 170 g/mol. The van der Waals surface area contributed by atoms with Crippen molar-refractivity contribution in [3.63, 3.8) is 0 Å². The number of nitrogens with zero attached hydrogens (tertiary/aromatic N) is 1. The van der Waals surface area contributed by atoms with E-state index >= 15 is 0 Å². The molecule has 1 aliphatic rings. The highest BCUT2D eigenvalue weighted by Gasteiger charge is 2.35. The number of carbonyl (C=O) groups excluding carboxylic acids is 2. The maximum absolute atomic E-state index is 11.2. The second-order valence-electron chi connectivity index (χ2n) is 3.05. The molecule has 2 amide bonds. The third-order valence-electron chi connectivity index (χ3n) is 2.01. The lowest BCUT2D eigenvalue weighted by molar-refractivity contribution is -0.138. The molecule has 4 nitrogen and oxygen atoms in total. The Hall–Kier alpha value is -0.900. The molecule has 0 aromatic carbocycles. The van der Waals surface area contributed by atoms with E-state index in [1.54, 1.807) is 0 Å². The van der Waals surface area contributed by atoms with Crippen LogP contribution in [0.3, 0.4) is 0 Å². The zero-order valence-electron chi connectivity index (χ0n) is 7.25. The zero-order chi connectivity index (χ0) is 9.14. The first-order chi connectivity index (χ1) is 5.66. The number of imide groups is 1. The highest BCUT2D eigenvalue weighted by Crippen LogP contribution is 2.11. The largest absolute Gasteiger partial charge is 0.319 e. The summed E-state index contributed by atoms with van der Waals surface area (Å²) < 4.78 is 0. The van der Waals surface area contributed by atoms with Crippen LogP contribution in [-0.4, -0.2) is 29.3 Å². The summed E-state index contributed by atoms with van der Waals surface area (Å²) >= 11 is 0. The van der Waals surface area contributed by atoms with Gasteiger partial charge in [0.05, 0.1) is 12.5 Å². The lowest BCUT2D eigenvalue weighted by Gasteiger charge is -2.12. The summed E-state index contributed by atoms with van der Waals surface area (Å²) in [6.07, 6.45) is 2.03. The number of hydrogen-bond acceptors (Lipinski definition) is 3. The van der Waals surface area contributed by atoms with Crippen LogP contribution in [-0.2, 0) is 9.59 Å². The minimum atomic E-state index is -0.589. The summed E-state index contributed by atoms with van der Waals surface area (Å²) in [6, 6.07) is -0.589. The SMILES string of the molecule is CCCCN1C(=O)CC(N)C1=O. The molecule has 1 unspecified atom stereocenters. The van der Waals surface area contributed by atoms with Gasteiger partial charge < -0.3 is 5.73 Å². The number of rotatable bonds is 3. The predicted octanol–water partition coefficient (Wildman–Crippen LogP) is -0.127. The molecule has 1 fully saturated rings. The van der Waals surface area contributed by atoms with Crippen molar-refractivity contribution in [2.45, 2.75) is 32.2 Å². The fourth-order valence-corrected chi connectivity index (χ4v) is 1.26. The maximum Gasteiger partial charge on any atom is 0.246 e. The van der Waals surface area contributed by atoms with Crippen LogP contribution in [0.1, 0.15) is 26.2 Å². The van der Waals surface area contributed by atoms with Crippen molar-refractivity contribution in [3.05, 3.63) is 0 Å². The molecule has 12 heavy (non-hydrogen) atoms. The molecule has 0 aromatic rings. The Morgan fingerprint density at radius 2 is 2.25 bits per heavy atom. The van der Waals surface area contributed by atoms with Gasteiger partial charge in [0, 0.05) is 6.54 Å². The Kier molecular flexibility index (Phi) is 2.81. The summed E-state index contributed by atoms with van der Waals surface area (Å²) in [4.78, 5) is 23.6. The van der Waals surface area contributed by atoms with Crippen molar-refractivity contribution in [1.29, 1.82) is 0 Å². The van der Waals surface area contributed by atoms with Crippen LogP contribution in [0.15, 0.2) is 0 Å². The van der Waals surface area contributed by atoms with Crippen molar-refractivity contribution in [2.24, 2.45) is 5.73 Å². The molecule has 0 bridgehead atoms. The molecule has 2 N–H and O–H groups in total. The monoisotopic (exact) mass is 170 g/mol. The van der Waals surface area contributed by atoms with Crippen molar-refractivity contribution in [2.75, 3.05) is 6.54 Å². The number of amides is 2. The van der Waals surface area contributed by atoms with Gasteiger partial charge in [0.15, 0.2) is 0 Å². The number of likely N-dealkylation sites (tertiary alicyclic amines) is 1. The van der Waals surface area contributed by atoms with E-state index in [1.807, 2.05) is 6.92 Å². The highest BCUT2D eigenvalue weighted by atomic mass is 16.2. The van der Waals surface area contributed by atoms with Crippen LogP contribution in [0.5, 0.6) is 0 Å². The quantitative estimate of drug-likeness (QED) is 0.600. The van der Waals surface area contributed by atoms with Gasteiger partial charge in [0.1, 0.15) is 0 Å². The maximum atomic E-state index is 11.2. The summed E-state index contributed by atoms with van der Waals surface area (Å²) in [5, 5.41) is 0. The van der Waals surface area contributed by atoms with Gasteiger partial charge in [0.2, 0.25) is 11.8 Å².